The van der Waals surface area contributed by atoms with Gasteiger partial charge in [0.1, 0.15) is 0 Å². The van der Waals surface area contributed by atoms with Gasteiger partial charge in [0.25, 0.3) is 0 Å². The van der Waals surface area contributed by atoms with Gasteiger partial charge in [-0.15, -0.1) is 0 Å². The van der Waals surface area contributed by atoms with Gasteiger partial charge in [0, 0.05) is 56.2 Å². The van der Waals surface area contributed by atoms with Crippen LogP contribution in [0.5, 0.6) is 0 Å². The Kier molecular flexibility index (Phi) is 9.38. The molecule has 0 bridgehead atoms. The summed E-state index contributed by atoms with van der Waals surface area (Å²) >= 11 is 0. The lowest BCUT2D eigenvalue weighted by atomic mass is 9.97. The molecule has 0 saturated heterocycles. The number of benzene rings is 8. The standard InChI is InChI=1S/C61H38N6/c1-39-33-40(38-62)35-45(34-39)48-27-30-57(66-53-23-11-9-19-49(53)51-36-43(25-28-55(51)66)46-21-13-31-64-58(46)41-15-5-3-6-16-41)60(63-2)61(48)67-54-24-12-10-20-50(54)52-37-44(26-29-56(52)67)47-22-14-32-65-59(47)42-17-7-4-8-18-42/h3-37H,1H3. The van der Waals surface area contributed by atoms with E-state index in [1.54, 1.807) is 0 Å². The van der Waals surface area contributed by atoms with Gasteiger partial charge in [0.2, 0.25) is 5.69 Å². The van der Waals surface area contributed by atoms with Crippen molar-refractivity contribution in [2.75, 3.05) is 0 Å². The number of pyridine rings is 2. The van der Waals surface area contributed by atoms with Crippen molar-refractivity contribution in [2.45, 2.75) is 6.92 Å². The quantitative estimate of drug-likeness (QED) is 0.150. The van der Waals surface area contributed by atoms with Crippen LogP contribution in [0.15, 0.2) is 213 Å². The van der Waals surface area contributed by atoms with E-state index < -0.39 is 0 Å². The molecule has 0 aliphatic heterocycles. The summed E-state index contributed by atoms with van der Waals surface area (Å²) in [4.78, 5) is 14.2. The molecule has 312 valence electrons. The Hall–Kier alpha value is -9.36. The minimum Gasteiger partial charge on any atom is -0.319 e. The minimum absolute atomic E-state index is 0.494. The van der Waals surface area contributed by atoms with Crippen molar-refractivity contribution in [1.29, 1.82) is 5.26 Å². The van der Waals surface area contributed by atoms with Crippen molar-refractivity contribution in [2.24, 2.45) is 0 Å². The molecule has 67 heavy (non-hydrogen) atoms. The van der Waals surface area contributed by atoms with Crippen molar-refractivity contribution in [3.63, 3.8) is 0 Å². The molecule has 0 amide bonds. The molecule has 0 atom stereocenters. The smallest absolute Gasteiger partial charge is 0.234 e. The van der Waals surface area contributed by atoms with Crippen LogP contribution >= 0.6 is 0 Å². The highest BCUT2D eigenvalue weighted by molar-refractivity contribution is 6.14. The zero-order valence-corrected chi connectivity index (χ0v) is 36.4. The van der Waals surface area contributed by atoms with Crippen LogP contribution in [0.25, 0.3) is 116 Å². The number of fused-ring (bicyclic) bond motifs is 6. The summed E-state index contributed by atoms with van der Waals surface area (Å²) < 4.78 is 4.50. The molecule has 6 nitrogen and oxygen atoms in total. The lowest BCUT2D eigenvalue weighted by Crippen LogP contribution is -2.03. The Morgan fingerprint density at radius 3 is 1.54 bits per heavy atom. The summed E-state index contributed by atoms with van der Waals surface area (Å²) in [6.07, 6.45) is 3.69. The van der Waals surface area contributed by atoms with Crippen LogP contribution < -0.4 is 0 Å². The fourth-order valence-corrected chi connectivity index (χ4v) is 10.0. The highest BCUT2D eigenvalue weighted by Crippen LogP contribution is 2.47. The van der Waals surface area contributed by atoms with Gasteiger partial charge in [-0.25, -0.2) is 4.85 Å². The molecule has 8 aromatic carbocycles. The van der Waals surface area contributed by atoms with Gasteiger partial charge in [-0.2, -0.15) is 5.26 Å². The van der Waals surface area contributed by atoms with Crippen molar-refractivity contribution < 1.29 is 0 Å². The van der Waals surface area contributed by atoms with E-state index in [4.69, 9.17) is 9.97 Å². The Labute approximate surface area is 387 Å². The minimum atomic E-state index is 0.494. The van der Waals surface area contributed by atoms with E-state index in [1.807, 2.05) is 80.0 Å². The summed E-state index contributed by atoms with van der Waals surface area (Å²) in [5.41, 5.74) is 17.3. The van der Waals surface area contributed by atoms with Crippen molar-refractivity contribution in [1.82, 2.24) is 19.1 Å². The Morgan fingerprint density at radius 1 is 0.448 bits per heavy atom. The molecule has 0 aliphatic rings. The normalized spacial score (nSPS) is 11.3. The Morgan fingerprint density at radius 2 is 0.970 bits per heavy atom. The van der Waals surface area contributed by atoms with Gasteiger partial charge in [-0.05, 0) is 101 Å². The number of aryl methyl sites for hydroxylation is 1. The predicted molar refractivity (Wildman–Crippen MR) is 274 cm³/mol. The van der Waals surface area contributed by atoms with Gasteiger partial charge >= 0.3 is 0 Å². The first-order valence-electron chi connectivity index (χ1n) is 22.2. The molecule has 12 rings (SSSR count). The molecule has 0 spiro atoms. The van der Waals surface area contributed by atoms with E-state index in [1.165, 1.54) is 0 Å². The van der Waals surface area contributed by atoms with E-state index in [9.17, 15) is 11.8 Å². The zero-order chi connectivity index (χ0) is 45.0. The zero-order valence-electron chi connectivity index (χ0n) is 36.4. The molecule has 0 radical (unpaired) electrons. The molecule has 4 heterocycles. The van der Waals surface area contributed by atoms with Crippen LogP contribution in [-0.2, 0) is 0 Å². The van der Waals surface area contributed by atoms with Crippen LogP contribution in [0.2, 0.25) is 0 Å². The molecular weight excluding hydrogens is 817 g/mol. The first-order chi connectivity index (χ1) is 33.1. The maximum Gasteiger partial charge on any atom is 0.234 e. The van der Waals surface area contributed by atoms with Gasteiger partial charge in [0.05, 0.1) is 63.0 Å². The van der Waals surface area contributed by atoms with Crippen molar-refractivity contribution in [3.05, 3.63) is 235 Å². The first-order valence-corrected chi connectivity index (χ1v) is 22.2. The molecule has 12 aromatic rings. The summed E-state index contributed by atoms with van der Waals surface area (Å²) in [7, 11) is 0. The topological polar surface area (TPSA) is 63.8 Å². The molecule has 6 heteroatoms. The van der Waals surface area contributed by atoms with E-state index in [0.29, 0.717) is 11.3 Å². The fraction of sp³-hybridized carbons (Fsp3) is 0.0164. The summed E-state index contributed by atoms with van der Waals surface area (Å²) in [5, 5.41) is 14.5. The Balaban J connectivity index is 1.13. The lowest BCUT2D eigenvalue weighted by Gasteiger charge is -2.20. The van der Waals surface area contributed by atoms with Gasteiger partial charge < -0.3 is 9.13 Å². The van der Waals surface area contributed by atoms with E-state index >= 15 is 0 Å². The van der Waals surface area contributed by atoms with Crippen LogP contribution in [-0.4, -0.2) is 19.1 Å². The van der Waals surface area contributed by atoms with Crippen LogP contribution in [0, 0.1) is 24.8 Å². The summed E-state index contributed by atoms with van der Waals surface area (Å²) in [6, 6.07) is 71.5. The second kappa shape index (κ2) is 16.0. The molecular formula is C61H38N6. The maximum absolute atomic E-state index is 10.2. The molecule has 0 saturated carbocycles. The third-order valence-electron chi connectivity index (χ3n) is 12.9. The number of aromatic nitrogens is 4. The van der Waals surface area contributed by atoms with Gasteiger partial charge in [0.15, 0.2) is 0 Å². The van der Waals surface area contributed by atoms with Crippen molar-refractivity contribution in [3.8, 4) is 73.3 Å². The highest BCUT2D eigenvalue weighted by Gasteiger charge is 2.25. The first kappa shape index (κ1) is 39.2. The monoisotopic (exact) mass is 854 g/mol. The predicted octanol–water partition coefficient (Wildman–Crippen LogP) is 15.7. The van der Waals surface area contributed by atoms with E-state index in [-0.39, 0.29) is 0 Å². The highest BCUT2D eigenvalue weighted by atomic mass is 15.1. The molecule has 0 unspecified atom stereocenters. The van der Waals surface area contributed by atoms with Crippen LogP contribution in [0.3, 0.4) is 0 Å². The van der Waals surface area contributed by atoms with E-state index in [0.717, 1.165) is 116 Å². The van der Waals surface area contributed by atoms with Crippen molar-refractivity contribution >= 4 is 49.3 Å². The molecule has 0 N–H and O–H groups in total. The lowest BCUT2D eigenvalue weighted by molar-refractivity contribution is 1.14. The fourth-order valence-electron chi connectivity index (χ4n) is 10.0. The third-order valence-corrected chi connectivity index (χ3v) is 12.9. The van der Waals surface area contributed by atoms with Gasteiger partial charge in [-0.3, -0.25) is 9.97 Å². The van der Waals surface area contributed by atoms with Crippen LogP contribution in [0.1, 0.15) is 11.1 Å². The second-order valence-electron chi connectivity index (χ2n) is 16.8. The van der Waals surface area contributed by atoms with Gasteiger partial charge in [-0.1, -0.05) is 133 Å². The van der Waals surface area contributed by atoms with Crippen LogP contribution in [0.4, 0.5) is 5.69 Å². The maximum atomic E-state index is 10.2. The number of hydrogen-bond donors (Lipinski definition) is 0. The number of rotatable bonds is 7. The SMILES string of the molecule is [C-]#[N+]c1c(-n2c3ccccc3c3cc(-c4cccnc4-c4ccccc4)ccc32)ccc(-c2cc(C)cc(C#N)c2)c1-n1c2ccccc2c2cc(-c3cccnc3-c3ccccc3)ccc21. The molecule has 4 aromatic heterocycles. The molecule has 0 fully saturated rings. The number of hydrogen-bond acceptors (Lipinski definition) is 3. The number of nitriles is 1. The summed E-state index contributed by atoms with van der Waals surface area (Å²) in [5.74, 6) is 0. The average molecular weight is 855 g/mol. The number of nitrogens with zero attached hydrogens (tertiary/aromatic N) is 6. The summed E-state index contributed by atoms with van der Waals surface area (Å²) in [6.45, 7) is 11.2. The third kappa shape index (κ3) is 6.47. The number of para-hydroxylation sites is 2. The average Bonchev–Trinajstić information content (AvgIpc) is 3.90. The van der Waals surface area contributed by atoms with E-state index in [2.05, 4.69) is 160 Å². The molecule has 0 aliphatic carbocycles. The second-order valence-corrected chi connectivity index (χ2v) is 16.8. The Bertz CT molecular complexity index is 4010. The largest absolute Gasteiger partial charge is 0.319 e.